The molecule has 1 saturated carbocycles. The number of nitrogens with one attached hydrogen (secondary N) is 1. The Morgan fingerprint density at radius 3 is 2.66 bits per heavy atom. The van der Waals surface area contributed by atoms with Gasteiger partial charge in [-0.3, -0.25) is 9.69 Å². The molecule has 0 radical (unpaired) electrons. The van der Waals surface area contributed by atoms with Crippen molar-refractivity contribution < 1.29 is 27.8 Å². The molecule has 0 unspecified atom stereocenters. The molecule has 202 valence electrons. The highest BCUT2D eigenvalue weighted by Crippen LogP contribution is 2.48. The normalized spacial score (nSPS) is 24.9. The van der Waals surface area contributed by atoms with Gasteiger partial charge in [-0.05, 0) is 63.4 Å². The fourth-order valence-corrected chi connectivity index (χ4v) is 6.45. The molecule has 0 bridgehead atoms. The largest absolute Gasteiger partial charge is 0.492 e. The first-order valence-corrected chi connectivity index (χ1v) is 13.1. The van der Waals surface area contributed by atoms with Crippen molar-refractivity contribution in [2.24, 2.45) is 0 Å². The van der Waals surface area contributed by atoms with Crippen LogP contribution in [0.15, 0.2) is 36.7 Å². The number of nitrogens with zero attached hydrogens (tertiary/aromatic N) is 3. The first-order valence-electron chi connectivity index (χ1n) is 12.7. The van der Waals surface area contributed by atoms with Crippen LogP contribution in [0, 0.1) is 0 Å². The summed E-state index contributed by atoms with van der Waals surface area (Å²) in [6.07, 6.45) is -1.15. The molecule has 6 rings (SSSR count). The molecule has 1 aliphatic carbocycles. The molecule has 11 heteroatoms. The summed E-state index contributed by atoms with van der Waals surface area (Å²) in [6.45, 7) is 3.72. The number of aromatic nitrogens is 2. The van der Waals surface area contributed by atoms with Crippen molar-refractivity contribution in [2.75, 3.05) is 31.6 Å². The summed E-state index contributed by atoms with van der Waals surface area (Å²) >= 11 is 6.28. The fourth-order valence-electron chi connectivity index (χ4n) is 6.23. The van der Waals surface area contributed by atoms with E-state index in [0.29, 0.717) is 56.0 Å². The van der Waals surface area contributed by atoms with Gasteiger partial charge in [0.05, 0.1) is 44.7 Å². The Bertz CT molecular complexity index is 1400. The van der Waals surface area contributed by atoms with E-state index >= 15 is 0 Å². The fraction of sp³-hybridized carbons (Fsp3) is 0.481. The summed E-state index contributed by atoms with van der Waals surface area (Å²) in [7, 11) is 0. The number of imidazole rings is 1. The van der Waals surface area contributed by atoms with Crippen molar-refractivity contribution >= 4 is 34.2 Å². The zero-order valence-electron chi connectivity index (χ0n) is 20.8. The first-order chi connectivity index (χ1) is 18.0. The number of rotatable bonds is 5. The summed E-state index contributed by atoms with van der Waals surface area (Å²) in [4.78, 5) is 19.2. The van der Waals surface area contributed by atoms with Crippen LogP contribution in [0.5, 0.6) is 5.75 Å². The van der Waals surface area contributed by atoms with Gasteiger partial charge in [0.2, 0.25) is 5.91 Å². The number of carbonyl (C=O) groups excluding carboxylic acids is 1. The van der Waals surface area contributed by atoms with E-state index in [0.717, 1.165) is 11.6 Å². The van der Waals surface area contributed by atoms with E-state index < -0.39 is 22.8 Å². The second kappa shape index (κ2) is 8.86. The lowest BCUT2D eigenvalue weighted by Gasteiger charge is -2.41. The van der Waals surface area contributed by atoms with Gasteiger partial charge in [-0.15, -0.1) is 0 Å². The lowest BCUT2D eigenvalue weighted by Crippen LogP contribution is -2.47. The molecule has 0 atom stereocenters. The third kappa shape index (κ3) is 4.23. The molecular formula is C27H28ClF3N4O3. The van der Waals surface area contributed by atoms with E-state index in [1.807, 2.05) is 12.1 Å². The highest BCUT2D eigenvalue weighted by atomic mass is 35.5. The van der Waals surface area contributed by atoms with Crippen LogP contribution in [0.25, 0.3) is 11.0 Å². The number of aliphatic hydroxyl groups is 1. The molecule has 1 spiro atoms. The number of alkyl halides is 3. The first kappa shape index (κ1) is 25.5. The van der Waals surface area contributed by atoms with Gasteiger partial charge in [-0.1, -0.05) is 23.7 Å². The van der Waals surface area contributed by atoms with Crippen LogP contribution in [0.3, 0.4) is 0 Å². The molecule has 2 N–H and O–H groups in total. The summed E-state index contributed by atoms with van der Waals surface area (Å²) < 4.78 is 49.4. The smallest absolute Gasteiger partial charge is 0.418 e. The van der Waals surface area contributed by atoms with Crippen molar-refractivity contribution in [2.45, 2.75) is 55.8 Å². The Morgan fingerprint density at radius 1 is 1.24 bits per heavy atom. The molecular weight excluding hydrogens is 521 g/mol. The maximum Gasteiger partial charge on any atom is 0.418 e. The molecule has 2 fully saturated rings. The Balaban J connectivity index is 1.13. The van der Waals surface area contributed by atoms with Gasteiger partial charge in [0.15, 0.2) is 0 Å². The highest BCUT2D eigenvalue weighted by molar-refractivity contribution is 6.34. The minimum Gasteiger partial charge on any atom is -0.492 e. The average molecular weight is 549 g/mol. The van der Waals surface area contributed by atoms with Gasteiger partial charge in [0, 0.05) is 18.7 Å². The van der Waals surface area contributed by atoms with E-state index in [4.69, 9.17) is 16.3 Å². The van der Waals surface area contributed by atoms with Crippen molar-refractivity contribution in [1.29, 1.82) is 0 Å². The molecule has 7 nitrogen and oxygen atoms in total. The van der Waals surface area contributed by atoms with E-state index in [1.54, 1.807) is 13.0 Å². The second-order valence-corrected chi connectivity index (χ2v) is 11.3. The van der Waals surface area contributed by atoms with E-state index in [-0.39, 0.29) is 35.3 Å². The number of benzene rings is 2. The summed E-state index contributed by atoms with van der Waals surface area (Å²) in [6, 6.07) is 7.90. The molecule has 3 heterocycles. The Kier molecular flexibility index (Phi) is 5.93. The number of amides is 1. The molecule has 1 aromatic heterocycles. The van der Waals surface area contributed by atoms with Crippen LogP contribution in [0.4, 0.5) is 18.9 Å². The molecule has 2 aromatic carbocycles. The Hall–Kier alpha value is -2.82. The number of ether oxygens (including phenoxy) is 1. The van der Waals surface area contributed by atoms with Gasteiger partial charge < -0.3 is 19.7 Å². The zero-order valence-corrected chi connectivity index (χ0v) is 21.6. The van der Waals surface area contributed by atoms with Crippen LogP contribution in [0.1, 0.15) is 49.8 Å². The Morgan fingerprint density at radius 2 is 1.97 bits per heavy atom. The minimum absolute atomic E-state index is 0.0157. The van der Waals surface area contributed by atoms with E-state index in [1.165, 1.54) is 17.0 Å². The summed E-state index contributed by atoms with van der Waals surface area (Å²) in [5.74, 6) is 0.0809. The number of para-hydroxylation sites is 1. The predicted molar refractivity (Wildman–Crippen MR) is 137 cm³/mol. The van der Waals surface area contributed by atoms with Gasteiger partial charge in [-0.25, -0.2) is 4.98 Å². The van der Waals surface area contributed by atoms with Crippen LogP contribution in [-0.4, -0.2) is 57.3 Å². The standard InChI is InChI=1S/C27H28ClF3N4O3/c1-25(37)13-16(14-25)35-15-32-21-12-17(11-19(23(21)35)27(29,30)31)38-10-9-34-7-5-26(6-8-34)18-3-2-4-20(28)22(18)33-24(26)36/h2-4,11-12,15-16,37H,5-10,13-14H2,1H3,(H,33,36). The lowest BCUT2D eigenvalue weighted by molar-refractivity contribution is -0.136. The molecule has 1 saturated heterocycles. The molecule has 1 amide bonds. The van der Waals surface area contributed by atoms with Gasteiger partial charge in [0.25, 0.3) is 0 Å². The van der Waals surface area contributed by atoms with E-state index in [2.05, 4.69) is 15.2 Å². The van der Waals surface area contributed by atoms with Crippen molar-refractivity contribution in [1.82, 2.24) is 14.5 Å². The number of hydrogen-bond acceptors (Lipinski definition) is 5. The number of halogens is 4. The monoisotopic (exact) mass is 548 g/mol. The van der Waals surface area contributed by atoms with Crippen LogP contribution in [-0.2, 0) is 16.4 Å². The third-order valence-electron chi connectivity index (χ3n) is 8.28. The van der Waals surface area contributed by atoms with E-state index in [9.17, 15) is 23.1 Å². The van der Waals surface area contributed by atoms with Gasteiger partial charge in [0.1, 0.15) is 12.4 Å². The average Bonchev–Trinajstić information content (AvgIpc) is 3.38. The molecule has 2 aliphatic heterocycles. The maximum atomic E-state index is 14.0. The SMILES string of the molecule is CC1(O)CC(n2cnc3cc(OCCN4CCC5(CC4)C(=O)Nc4c(Cl)cccc45)cc(C(F)(F)F)c32)C1. The minimum atomic E-state index is -4.58. The Labute approximate surface area is 222 Å². The second-order valence-electron chi connectivity index (χ2n) is 10.9. The topological polar surface area (TPSA) is 79.6 Å². The van der Waals surface area contributed by atoms with Gasteiger partial charge >= 0.3 is 6.18 Å². The zero-order chi connectivity index (χ0) is 26.9. The maximum absolute atomic E-state index is 14.0. The number of likely N-dealkylation sites (tertiary alicyclic amines) is 1. The number of hydrogen-bond donors (Lipinski definition) is 2. The van der Waals surface area contributed by atoms with Crippen LogP contribution < -0.4 is 10.1 Å². The quantitative estimate of drug-likeness (QED) is 0.460. The van der Waals surface area contributed by atoms with Crippen LogP contribution in [0.2, 0.25) is 5.02 Å². The molecule has 38 heavy (non-hydrogen) atoms. The number of fused-ring (bicyclic) bond motifs is 3. The number of anilines is 1. The lowest BCUT2D eigenvalue weighted by atomic mass is 9.73. The predicted octanol–water partition coefficient (Wildman–Crippen LogP) is 5.16. The van der Waals surface area contributed by atoms with Crippen molar-refractivity contribution in [3.05, 3.63) is 52.8 Å². The van der Waals surface area contributed by atoms with Crippen molar-refractivity contribution in [3.8, 4) is 5.75 Å². The summed E-state index contributed by atoms with van der Waals surface area (Å²) in [5, 5.41) is 13.5. The number of carbonyl (C=O) groups is 1. The molecule has 3 aromatic rings. The third-order valence-corrected chi connectivity index (χ3v) is 8.60. The van der Waals surface area contributed by atoms with Crippen molar-refractivity contribution in [3.63, 3.8) is 0 Å². The summed E-state index contributed by atoms with van der Waals surface area (Å²) in [5.41, 5.74) is -0.404. The van der Waals surface area contributed by atoms with Gasteiger partial charge in [-0.2, -0.15) is 13.2 Å². The van der Waals surface area contributed by atoms with Crippen LogP contribution >= 0.6 is 11.6 Å². The number of piperidine rings is 1. The highest BCUT2D eigenvalue weighted by Gasteiger charge is 2.49. The molecule has 3 aliphatic rings.